The third-order valence-corrected chi connectivity index (χ3v) is 3.00. The summed E-state index contributed by atoms with van der Waals surface area (Å²) in [6, 6.07) is 0.348. The van der Waals surface area contributed by atoms with Gasteiger partial charge in [0.15, 0.2) is 0 Å². The molecule has 0 bridgehead atoms. The molecule has 2 heterocycles. The van der Waals surface area contributed by atoms with Crippen molar-refractivity contribution in [2.45, 2.75) is 31.3 Å². The molecular weight excluding hydrogens is 194 g/mol. The van der Waals surface area contributed by atoms with Gasteiger partial charge in [0.2, 0.25) is 0 Å². The van der Waals surface area contributed by atoms with Gasteiger partial charge >= 0.3 is 6.03 Å². The SMILES string of the molecule is N[C@@H]1CCCN(C(=O)NC2CCOC2)C1. The fourth-order valence-corrected chi connectivity index (χ4v) is 2.11. The lowest BCUT2D eigenvalue weighted by atomic mass is 10.1. The summed E-state index contributed by atoms with van der Waals surface area (Å²) in [5.74, 6) is 0. The lowest BCUT2D eigenvalue weighted by molar-refractivity contribution is 0.168. The Morgan fingerprint density at radius 2 is 2.33 bits per heavy atom. The van der Waals surface area contributed by atoms with Crippen molar-refractivity contribution in [3.05, 3.63) is 0 Å². The van der Waals surface area contributed by atoms with Gasteiger partial charge < -0.3 is 20.7 Å². The first-order valence-electron chi connectivity index (χ1n) is 5.64. The van der Waals surface area contributed by atoms with Crippen LogP contribution in [0.15, 0.2) is 0 Å². The molecule has 2 atom stereocenters. The van der Waals surface area contributed by atoms with E-state index in [0.29, 0.717) is 13.2 Å². The van der Waals surface area contributed by atoms with Crippen molar-refractivity contribution in [3.63, 3.8) is 0 Å². The quantitative estimate of drug-likeness (QED) is 0.639. The molecule has 0 spiro atoms. The average molecular weight is 213 g/mol. The number of carbonyl (C=O) groups excluding carboxylic acids is 1. The maximum absolute atomic E-state index is 11.8. The minimum absolute atomic E-state index is 0.0145. The van der Waals surface area contributed by atoms with Crippen LogP contribution in [0.1, 0.15) is 19.3 Å². The second-order valence-corrected chi connectivity index (χ2v) is 4.36. The van der Waals surface area contributed by atoms with Crippen molar-refractivity contribution in [1.29, 1.82) is 0 Å². The highest BCUT2D eigenvalue weighted by molar-refractivity contribution is 5.74. The van der Waals surface area contributed by atoms with E-state index in [-0.39, 0.29) is 18.1 Å². The summed E-state index contributed by atoms with van der Waals surface area (Å²) in [5.41, 5.74) is 5.82. The number of nitrogens with two attached hydrogens (primary N) is 1. The summed E-state index contributed by atoms with van der Waals surface area (Å²) in [6.45, 7) is 2.91. The number of amides is 2. The summed E-state index contributed by atoms with van der Waals surface area (Å²) in [5, 5.41) is 2.98. The van der Waals surface area contributed by atoms with Crippen LogP contribution in [0.2, 0.25) is 0 Å². The van der Waals surface area contributed by atoms with Crippen molar-refractivity contribution >= 4 is 6.03 Å². The maximum atomic E-state index is 11.8. The Balaban J connectivity index is 1.78. The van der Waals surface area contributed by atoms with Gasteiger partial charge in [-0.2, -0.15) is 0 Å². The van der Waals surface area contributed by atoms with Crippen LogP contribution in [0.4, 0.5) is 4.79 Å². The Kier molecular flexibility index (Phi) is 3.43. The van der Waals surface area contributed by atoms with Crippen molar-refractivity contribution in [2.75, 3.05) is 26.3 Å². The van der Waals surface area contributed by atoms with E-state index in [1.54, 1.807) is 0 Å². The summed E-state index contributed by atoms with van der Waals surface area (Å²) in [7, 11) is 0. The van der Waals surface area contributed by atoms with Gasteiger partial charge in [-0.1, -0.05) is 0 Å². The zero-order valence-electron chi connectivity index (χ0n) is 8.95. The maximum Gasteiger partial charge on any atom is 0.317 e. The van der Waals surface area contributed by atoms with Crippen LogP contribution in [0.3, 0.4) is 0 Å². The van der Waals surface area contributed by atoms with Crippen LogP contribution in [-0.4, -0.2) is 49.3 Å². The number of rotatable bonds is 1. The van der Waals surface area contributed by atoms with Crippen LogP contribution in [0.5, 0.6) is 0 Å². The summed E-state index contributed by atoms with van der Waals surface area (Å²) in [6.07, 6.45) is 2.96. The molecule has 1 unspecified atom stereocenters. The standard InChI is InChI=1S/C10H19N3O2/c11-8-2-1-4-13(6-8)10(14)12-9-3-5-15-7-9/h8-9H,1-7,11H2,(H,12,14)/t8-,9?/m1/s1. The molecule has 0 saturated carbocycles. The predicted molar refractivity (Wildman–Crippen MR) is 56.5 cm³/mol. The molecule has 0 aromatic carbocycles. The Labute approximate surface area is 89.9 Å². The number of hydrogen-bond donors (Lipinski definition) is 2. The lowest BCUT2D eigenvalue weighted by Gasteiger charge is -2.31. The molecule has 0 radical (unpaired) electrons. The number of nitrogens with zero attached hydrogens (tertiary/aromatic N) is 1. The zero-order chi connectivity index (χ0) is 10.7. The van der Waals surface area contributed by atoms with E-state index in [0.717, 1.165) is 32.4 Å². The van der Waals surface area contributed by atoms with Crippen LogP contribution in [-0.2, 0) is 4.74 Å². The number of ether oxygens (including phenoxy) is 1. The molecule has 2 fully saturated rings. The van der Waals surface area contributed by atoms with Gasteiger partial charge in [-0.3, -0.25) is 0 Å². The van der Waals surface area contributed by atoms with E-state index in [1.807, 2.05) is 4.90 Å². The van der Waals surface area contributed by atoms with E-state index in [9.17, 15) is 4.79 Å². The molecule has 0 aromatic rings. The van der Waals surface area contributed by atoms with Gasteiger partial charge in [-0.15, -0.1) is 0 Å². The second kappa shape index (κ2) is 4.81. The van der Waals surface area contributed by atoms with Gasteiger partial charge in [0.05, 0.1) is 12.6 Å². The van der Waals surface area contributed by atoms with Crippen molar-refractivity contribution in [2.24, 2.45) is 5.73 Å². The minimum atomic E-state index is 0.0145. The third-order valence-electron chi connectivity index (χ3n) is 3.00. The molecule has 86 valence electrons. The van der Waals surface area contributed by atoms with E-state index < -0.39 is 0 Å². The Hall–Kier alpha value is -0.810. The highest BCUT2D eigenvalue weighted by Gasteiger charge is 2.24. The predicted octanol–water partition coefficient (Wildman–Crippen LogP) is -0.0920. The van der Waals surface area contributed by atoms with Gasteiger partial charge in [0.25, 0.3) is 0 Å². The Morgan fingerprint density at radius 1 is 1.47 bits per heavy atom. The molecule has 15 heavy (non-hydrogen) atoms. The molecule has 2 amide bonds. The molecule has 2 rings (SSSR count). The van der Waals surface area contributed by atoms with Gasteiger partial charge in [0.1, 0.15) is 0 Å². The molecule has 3 N–H and O–H groups in total. The molecule has 5 nitrogen and oxygen atoms in total. The number of nitrogens with one attached hydrogen (secondary N) is 1. The van der Waals surface area contributed by atoms with Crippen LogP contribution in [0, 0.1) is 0 Å². The second-order valence-electron chi connectivity index (χ2n) is 4.36. The third kappa shape index (κ3) is 2.82. The fraction of sp³-hybridized carbons (Fsp3) is 0.900. The monoisotopic (exact) mass is 213 g/mol. The summed E-state index contributed by atoms with van der Waals surface area (Å²) >= 11 is 0. The molecule has 0 aromatic heterocycles. The van der Waals surface area contributed by atoms with Crippen molar-refractivity contribution in [3.8, 4) is 0 Å². The van der Waals surface area contributed by atoms with Crippen LogP contribution >= 0.6 is 0 Å². The highest BCUT2D eigenvalue weighted by Crippen LogP contribution is 2.09. The van der Waals surface area contributed by atoms with Crippen LogP contribution < -0.4 is 11.1 Å². The lowest BCUT2D eigenvalue weighted by Crippen LogP contribution is -2.51. The zero-order valence-corrected chi connectivity index (χ0v) is 8.95. The van der Waals surface area contributed by atoms with E-state index in [2.05, 4.69) is 5.32 Å². The molecule has 2 aliphatic heterocycles. The largest absolute Gasteiger partial charge is 0.379 e. The summed E-state index contributed by atoms with van der Waals surface area (Å²) in [4.78, 5) is 13.6. The van der Waals surface area contributed by atoms with Gasteiger partial charge in [-0.25, -0.2) is 4.79 Å². The molecule has 2 aliphatic rings. The van der Waals surface area contributed by atoms with Gasteiger partial charge in [-0.05, 0) is 19.3 Å². The van der Waals surface area contributed by atoms with E-state index in [4.69, 9.17) is 10.5 Å². The number of urea groups is 1. The molecule has 0 aliphatic carbocycles. The summed E-state index contributed by atoms with van der Waals surface area (Å²) < 4.78 is 5.21. The van der Waals surface area contributed by atoms with Crippen LogP contribution in [0.25, 0.3) is 0 Å². The first-order chi connectivity index (χ1) is 7.25. The normalized spacial score (nSPS) is 31.7. The Bertz CT molecular complexity index is 229. The number of hydrogen-bond acceptors (Lipinski definition) is 3. The molecule has 5 heteroatoms. The number of piperidine rings is 1. The van der Waals surface area contributed by atoms with E-state index >= 15 is 0 Å². The van der Waals surface area contributed by atoms with E-state index in [1.165, 1.54) is 0 Å². The average Bonchev–Trinajstić information content (AvgIpc) is 2.70. The Morgan fingerprint density at radius 3 is 3.00 bits per heavy atom. The first-order valence-corrected chi connectivity index (χ1v) is 5.64. The van der Waals surface area contributed by atoms with Crippen molar-refractivity contribution < 1.29 is 9.53 Å². The topological polar surface area (TPSA) is 67.6 Å². The highest BCUT2D eigenvalue weighted by atomic mass is 16.5. The first kappa shape index (κ1) is 10.7. The van der Waals surface area contributed by atoms with Gasteiger partial charge in [0, 0.05) is 25.7 Å². The van der Waals surface area contributed by atoms with Crippen molar-refractivity contribution in [1.82, 2.24) is 10.2 Å². The smallest absolute Gasteiger partial charge is 0.317 e. The number of likely N-dealkylation sites (tertiary alicyclic amines) is 1. The fourth-order valence-electron chi connectivity index (χ4n) is 2.11. The minimum Gasteiger partial charge on any atom is -0.379 e. The molecular formula is C10H19N3O2. The molecule has 2 saturated heterocycles. The number of carbonyl (C=O) groups is 1.